The molecule has 1 aliphatic rings. The Hall–Kier alpha value is -3.35. The zero-order valence-electron chi connectivity index (χ0n) is 17.5. The first kappa shape index (κ1) is 21.4. The number of benzene rings is 1. The molecule has 158 valence electrons. The molecule has 1 aromatic heterocycles. The number of carbonyl (C=O) groups excluding carboxylic acids is 2. The topological polar surface area (TPSA) is 76.5 Å². The molecule has 0 unspecified atom stereocenters. The Morgan fingerprint density at radius 3 is 2.93 bits per heavy atom. The fourth-order valence-corrected chi connectivity index (χ4v) is 3.77. The number of amides is 2. The van der Waals surface area contributed by atoms with Gasteiger partial charge in [-0.25, -0.2) is 0 Å². The molecule has 3 rings (SSSR count). The van der Waals surface area contributed by atoms with Gasteiger partial charge in [0.15, 0.2) is 0 Å². The van der Waals surface area contributed by atoms with Crippen molar-refractivity contribution < 1.29 is 14.3 Å². The van der Waals surface area contributed by atoms with Gasteiger partial charge in [-0.2, -0.15) is 5.10 Å². The van der Waals surface area contributed by atoms with Crippen molar-refractivity contribution in [2.45, 2.75) is 44.8 Å². The van der Waals surface area contributed by atoms with E-state index in [1.807, 2.05) is 48.2 Å². The predicted molar refractivity (Wildman–Crippen MR) is 116 cm³/mol. The molecular weight excluding hydrogens is 380 g/mol. The lowest BCUT2D eigenvalue weighted by molar-refractivity contribution is -0.136. The lowest BCUT2D eigenvalue weighted by Gasteiger charge is -2.37. The second-order valence-electron chi connectivity index (χ2n) is 7.35. The Balaban J connectivity index is 1.60. The standard InChI is InChI=1S/C23H28N4O3/c1-4-8-20-11-7-9-17(2)27(20)23(29)16-26-15-19(14-24-26)25-22(28)13-18-10-5-6-12-21(18)30-3/h4-7,9-10,12,14-15,17,20H,1,8,11,13,16H2,2-3H3,(H,25,28)/t17-,20-/m1/s1. The van der Waals surface area contributed by atoms with Crippen molar-refractivity contribution in [1.29, 1.82) is 0 Å². The number of ether oxygens (including phenoxy) is 1. The number of anilines is 1. The molecule has 7 heteroatoms. The number of nitrogens with zero attached hydrogens (tertiary/aromatic N) is 3. The van der Waals surface area contributed by atoms with E-state index in [1.165, 1.54) is 0 Å². The van der Waals surface area contributed by atoms with Crippen molar-refractivity contribution in [3.8, 4) is 5.75 Å². The zero-order valence-corrected chi connectivity index (χ0v) is 17.5. The molecule has 0 aliphatic carbocycles. The molecule has 2 amide bonds. The highest BCUT2D eigenvalue weighted by molar-refractivity contribution is 5.92. The van der Waals surface area contributed by atoms with Gasteiger partial charge in [-0.1, -0.05) is 36.4 Å². The van der Waals surface area contributed by atoms with Gasteiger partial charge in [-0.05, 0) is 25.8 Å². The maximum Gasteiger partial charge on any atom is 0.245 e. The first-order chi connectivity index (χ1) is 14.5. The van der Waals surface area contributed by atoms with E-state index in [4.69, 9.17) is 4.74 Å². The summed E-state index contributed by atoms with van der Waals surface area (Å²) >= 11 is 0. The number of hydrogen-bond donors (Lipinski definition) is 1. The van der Waals surface area contributed by atoms with E-state index in [1.54, 1.807) is 24.2 Å². The third kappa shape index (κ3) is 5.17. The van der Waals surface area contributed by atoms with Crippen LogP contribution >= 0.6 is 0 Å². The SMILES string of the molecule is C=CC[C@@H]1CC=C[C@@H](C)N1C(=O)Cn1cc(NC(=O)Cc2ccccc2OC)cn1. The Bertz CT molecular complexity index is 934. The number of hydrogen-bond acceptors (Lipinski definition) is 4. The lowest BCUT2D eigenvalue weighted by Crippen LogP contribution is -2.48. The minimum atomic E-state index is -0.175. The summed E-state index contributed by atoms with van der Waals surface area (Å²) in [6, 6.07) is 7.56. The van der Waals surface area contributed by atoms with E-state index in [9.17, 15) is 9.59 Å². The van der Waals surface area contributed by atoms with Crippen molar-refractivity contribution in [2.24, 2.45) is 0 Å². The molecule has 2 atom stereocenters. The average Bonchev–Trinajstić information content (AvgIpc) is 3.15. The van der Waals surface area contributed by atoms with Crippen LogP contribution < -0.4 is 10.1 Å². The first-order valence-corrected chi connectivity index (χ1v) is 10.0. The second kappa shape index (κ2) is 9.91. The molecule has 1 aromatic carbocycles. The van der Waals surface area contributed by atoms with E-state index < -0.39 is 0 Å². The Morgan fingerprint density at radius 2 is 2.17 bits per heavy atom. The van der Waals surface area contributed by atoms with Gasteiger partial charge >= 0.3 is 0 Å². The van der Waals surface area contributed by atoms with E-state index in [0.717, 1.165) is 18.4 Å². The minimum Gasteiger partial charge on any atom is -0.496 e. The Kier molecular flexibility index (Phi) is 7.06. The van der Waals surface area contributed by atoms with Gasteiger partial charge in [0.2, 0.25) is 11.8 Å². The van der Waals surface area contributed by atoms with Crippen molar-refractivity contribution in [2.75, 3.05) is 12.4 Å². The second-order valence-corrected chi connectivity index (χ2v) is 7.35. The quantitative estimate of drug-likeness (QED) is 0.681. The van der Waals surface area contributed by atoms with E-state index >= 15 is 0 Å². The third-order valence-electron chi connectivity index (χ3n) is 5.14. The van der Waals surface area contributed by atoms with Crippen LogP contribution in [-0.4, -0.2) is 45.7 Å². The molecule has 0 bridgehead atoms. The molecule has 0 saturated carbocycles. The largest absolute Gasteiger partial charge is 0.496 e. The summed E-state index contributed by atoms with van der Waals surface area (Å²) in [6.45, 7) is 5.93. The van der Waals surface area contributed by atoms with E-state index in [2.05, 4.69) is 23.1 Å². The van der Waals surface area contributed by atoms with Gasteiger partial charge in [-0.15, -0.1) is 6.58 Å². The van der Waals surface area contributed by atoms with Crippen LogP contribution in [0.2, 0.25) is 0 Å². The van der Waals surface area contributed by atoms with Crippen LogP contribution in [0.5, 0.6) is 5.75 Å². The summed E-state index contributed by atoms with van der Waals surface area (Å²) < 4.78 is 6.84. The number of para-hydroxylation sites is 1. The van der Waals surface area contributed by atoms with Crippen LogP contribution in [-0.2, 0) is 22.6 Å². The number of carbonyl (C=O) groups is 2. The van der Waals surface area contributed by atoms with Gasteiger partial charge in [0.1, 0.15) is 12.3 Å². The van der Waals surface area contributed by atoms with Gasteiger partial charge in [0.25, 0.3) is 0 Å². The molecular formula is C23H28N4O3. The molecule has 1 N–H and O–H groups in total. The number of aromatic nitrogens is 2. The Labute approximate surface area is 177 Å². The van der Waals surface area contributed by atoms with Crippen LogP contribution in [0.3, 0.4) is 0 Å². The monoisotopic (exact) mass is 408 g/mol. The van der Waals surface area contributed by atoms with E-state index in [-0.39, 0.29) is 36.9 Å². The van der Waals surface area contributed by atoms with Gasteiger partial charge < -0.3 is 15.0 Å². The van der Waals surface area contributed by atoms with Crippen LogP contribution in [0.4, 0.5) is 5.69 Å². The summed E-state index contributed by atoms with van der Waals surface area (Å²) in [7, 11) is 1.58. The summed E-state index contributed by atoms with van der Waals surface area (Å²) in [5.74, 6) is 0.493. The minimum absolute atomic E-state index is 0.00583. The maximum absolute atomic E-state index is 12.9. The van der Waals surface area contributed by atoms with Crippen LogP contribution in [0.25, 0.3) is 0 Å². The summed E-state index contributed by atoms with van der Waals surface area (Å²) in [5, 5.41) is 7.06. The first-order valence-electron chi connectivity index (χ1n) is 10.0. The summed E-state index contributed by atoms with van der Waals surface area (Å²) in [4.78, 5) is 27.2. The highest BCUT2D eigenvalue weighted by atomic mass is 16.5. The molecule has 0 radical (unpaired) electrons. The zero-order chi connectivity index (χ0) is 21.5. The predicted octanol–water partition coefficient (Wildman–Crippen LogP) is 3.19. The molecule has 0 spiro atoms. The van der Waals surface area contributed by atoms with Crippen LogP contribution in [0.1, 0.15) is 25.3 Å². The maximum atomic E-state index is 12.9. The van der Waals surface area contributed by atoms with Gasteiger partial charge in [0, 0.05) is 23.8 Å². The van der Waals surface area contributed by atoms with Crippen molar-refractivity contribution in [1.82, 2.24) is 14.7 Å². The summed E-state index contributed by atoms with van der Waals surface area (Å²) in [6.07, 6.45) is 11.0. The van der Waals surface area contributed by atoms with E-state index in [0.29, 0.717) is 11.4 Å². The highest BCUT2D eigenvalue weighted by Crippen LogP contribution is 2.21. The third-order valence-corrected chi connectivity index (χ3v) is 5.14. The van der Waals surface area contributed by atoms with Crippen molar-refractivity contribution in [3.05, 3.63) is 67.0 Å². The van der Waals surface area contributed by atoms with Gasteiger partial charge in [0.05, 0.1) is 25.4 Å². The molecule has 2 heterocycles. The van der Waals surface area contributed by atoms with Crippen LogP contribution in [0, 0.1) is 0 Å². The fourth-order valence-electron chi connectivity index (χ4n) is 3.77. The van der Waals surface area contributed by atoms with Crippen LogP contribution in [0.15, 0.2) is 61.5 Å². The Morgan fingerprint density at radius 1 is 1.37 bits per heavy atom. The number of methoxy groups -OCH3 is 1. The lowest BCUT2D eigenvalue weighted by atomic mass is 10.0. The smallest absolute Gasteiger partial charge is 0.245 e. The molecule has 7 nitrogen and oxygen atoms in total. The molecule has 1 aliphatic heterocycles. The number of nitrogens with one attached hydrogen (secondary N) is 1. The average molecular weight is 409 g/mol. The molecule has 2 aromatic rings. The number of rotatable bonds is 8. The van der Waals surface area contributed by atoms with Crippen molar-refractivity contribution in [3.63, 3.8) is 0 Å². The van der Waals surface area contributed by atoms with Crippen molar-refractivity contribution >= 4 is 17.5 Å². The molecule has 30 heavy (non-hydrogen) atoms. The molecule has 0 fully saturated rings. The normalized spacial score (nSPS) is 18.1. The van der Waals surface area contributed by atoms with Gasteiger partial charge in [-0.3, -0.25) is 14.3 Å². The summed E-state index contributed by atoms with van der Waals surface area (Å²) in [5.41, 5.74) is 1.36. The fraction of sp³-hybridized carbons (Fsp3) is 0.348. The highest BCUT2D eigenvalue weighted by Gasteiger charge is 2.28. The molecule has 0 saturated heterocycles.